The molecule has 1 saturated heterocycles. The van der Waals surface area contributed by atoms with E-state index >= 15 is 0 Å². The maximum absolute atomic E-state index is 13.6. The third kappa shape index (κ3) is 2.93. The molecule has 1 amide bonds. The maximum atomic E-state index is 13.6. The number of benzene rings is 3. The van der Waals surface area contributed by atoms with Crippen LogP contribution >= 0.6 is 0 Å². The second-order valence-corrected chi connectivity index (χ2v) is 8.19. The molecule has 3 aromatic rings. The third-order valence-electron chi connectivity index (χ3n) is 6.43. The number of aryl methyl sites for hydroxylation is 1. The Bertz CT molecular complexity index is 1110. The van der Waals surface area contributed by atoms with E-state index in [1.54, 1.807) is 0 Å². The molecule has 0 N–H and O–H groups in total. The zero-order valence-electron chi connectivity index (χ0n) is 16.4. The SMILES string of the molecule is Cc1ccc(N2CC3Cc4cc(C#N)ccc4C(c4ccccc4)C3C2=O)cc1. The van der Waals surface area contributed by atoms with E-state index in [9.17, 15) is 10.1 Å². The van der Waals surface area contributed by atoms with Gasteiger partial charge in [-0.15, -0.1) is 0 Å². The number of nitrogens with zero attached hydrogens (tertiary/aromatic N) is 2. The molecule has 29 heavy (non-hydrogen) atoms. The van der Waals surface area contributed by atoms with Crippen LogP contribution in [-0.2, 0) is 11.2 Å². The summed E-state index contributed by atoms with van der Waals surface area (Å²) in [5.74, 6) is 0.415. The summed E-state index contributed by atoms with van der Waals surface area (Å²) < 4.78 is 0. The van der Waals surface area contributed by atoms with Gasteiger partial charge in [-0.3, -0.25) is 4.79 Å². The van der Waals surface area contributed by atoms with Crippen LogP contribution in [-0.4, -0.2) is 12.5 Å². The Labute approximate surface area is 171 Å². The highest BCUT2D eigenvalue weighted by atomic mass is 16.2. The summed E-state index contributed by atoms with van der Waals surface area (Å²) in [6.07, 6.45) is 0.840. The molecule has 142 valence electrons. The lowest BCUT2D eigenvalue weighted by Crippen LogP contribution is -2.33. The number of hydrogen-bond acceptors (Lipinski definition) is 2. The minimum Gasteiger partial charge on any atom is -0.312 e. The molecule has 5 rings (SSSR count). The summed E-state index contributed by atoms with van der Waals surface area (Å²) in [5.41, 5.74) is 6.43. The first kappa shape index (κ1) is 17.7. The van der Waals surface area contributed by atoms with Gasteiger partial charge in [0.05, 0.1) is 17.6 Å². The Hall–Kier alpha value is -3.38. The lowest BCUT2D eigenvalue weighted by molar-refractivity contribution is -0.121. The molecule has 1 aliphatic heterocycles. The average Bonchev–Trinajstić information content (AvgIpc) is 3.08. The van der Waals surface area contributed by atoms with Gasteiger partial charge in [-0.05, 0) is 60.2 Å². The average molecular weight is 378 g/mol. The zero-order valence-corrected chi connectivity index (χ0v) is 16.4. The first-order valence-corrected chi connectivity index (χ1v) is 10.1. The quantitative estimate of drug-likeness (QED) is 0.641. The minimum absolute atomic E-state index is 0.0284. The van der Waals surface area contributed by atoms with Crippen LogP contribution in [0.5, 0.6) is 0 Å². The fourth-order valence-electron chi connectivity index (χ4n) is 5.06. The van der Waals surface area contributed by atoms with Crippen LogP contribution in [0.15, 0.2) is 72.8 Å². The molecular weight excluding hydrogens is 356 g/mol. The van der Waals surface area contributed by atoms with E-state index in [1.807, 2.05) is 47.4 Å². The fourth-order valence-corrected chi connectivity index (χ4v) is 5.06. The number of rotatable bonds is 2. The van der Waals surface area contributed by atoms with Crippen LogP contribution in [0, 0.1) is 30.1 Å². The molecule has 0 bridgehead atoms. The molecular formula is C26H22N2O. The maximum Gasteiger partial charge on any atom is 0.231 e. The molecule has 3 nitrogen and oxygen atoms in total. The van der Waals surface area contributed by atoms with Crippen molar-refractivity contribution in [1.82, 2.24) is 0 Å². The fraction of sp³-hybridized carbons (Fsp3) is 0.231. The molecule has 0 spiro atoms. The van der Waals surface area contributed by atoms with Crippen molar-refractivity contribution in [2.45, 2.75) is 19.3 Å². The summed E-state index contributed by atoms with van der Waals surface area (Å²) >= 11 is 0. The first-order chi connectivity index (χ1) is 14.2. The number of anilines is 1. The van der Waals surface area contributed by atoms with Crippen molar-refractivity contribution in [3.8, 4) is 6.07 Å². The van der Waals surface area contributed by atoms with Gasteiger partial charge in [0.2, 0.25) is 5.91 Å². The van der Waals surface area contributed by atoms with Gasteiger partial charge in [0.25, 0.3) is 0 Å². The second kappa shape index (κ2) is 6.90. The van der Waals surface area contributed by atoms with E-state index in [1.165, 1.54) is 22.3 Å². The van der Waals surface area contributed by atoms with Gasteiger partial charge in [0, 0.05) is 18.2 Å². The Kier molecular flexibility index (Phi) is 4.21. The van der Waals surface area contributed by atoms with Crippen molar-refractivity contribution in [2.24, 2.45) is 11.8 Å². The molecule has 1 fully saturated rings. The molecule has 0 saturated carbocycles. The van der Waals surface area contributed by atoms with Crippen molar-refractivity contribution < 1.29 is 4.79 Å². The minimum atomic E-state index is -0.0702. The first-order valence-electron chi connectivity index (χ1n) is 10.1. The smallest absolute Gasteiger partial charge is 0.231 e. The number of carbonyl (C=O) groups excluding carboxylic acids is 1. The van der Waals surface area contributed by atoms with Gasteiger partial charge < -0.3 is 4.90 Å². The summed E-state index contributed by atoms with van der Waals surface area (Å²) in [5, 5.41) is 9.35. The van der Waals surface area contributed by atoms with Gasteiger partial charge in [-0.25, -0.2) is 0 Å². The highest BCUT2D eigenvalue weighted by Gasteiger charge is 2.49. The molecule has 3 heteroatoms. The largest absolute Gasteiger partial charge is 0.312 e. The highest BCUT2D eigenvalue weighted by Crippen LogP contribution is 2.48. The van der Waals surface area contributed by atoms with Crippen molar-refractivity contribution in [3.05, 3.63) is 101 Å². The number of fused-ring (bicyclic) bond motifs is 2. The number of amides is 1. The van der Waals surface area contributed by atoms with E-state index in [0.29, 0.717) is 5.56 Å². The van der Waals surface area contributed by atoms with Crippen LogP contribution in [0.1, 0.15) is 33.7 Å². The van der Waals surface area contributed by atoms with E-state index in [2.05, 4.69) is 43.3 Å². The van der Waals surface area contributed by atoms with E-state index in [4.69, 9.17) is 0 Å². The predicted octanol–water partition coefficient (Wildman–Crippen LogP) is 4.83. The van der Waals surface area contributed by atoms with E-state index in [-0.39, 0.29) is 23.7 Å². The topological polar surface area (TPSA) is 44.1 Å². The Morgan fingerprint density at radius 2 is 1.76 bits per heavy atom. The van der Waals surface area contributed by atoms with Gasteiger partial charge in [0.15, 0.2) is 0 Å². The molecule has 0 aromatic heterocycles. The van der Waals surface area contributed by atoms with E-state index < -0.39 is 0 Å². The standard InChI is InChI=1S/C26H22N2O/c1-17-7-10-22(11-8-17)28-16-21-14-20-13-18(15-27)9-12-23(20)24(25(21)26(28)29)19-5-3-2-4-6-19/h2-13,21,24-25H,14,16H2,1H3. The molecule has 2 aliphatic rings. The lowest BCUT2D eigenvalue weighted by atomic mass is 9.67. The van der Waals surface area contributed by atoms with Gasteiger partial charge in [-0.2, -0.15) is 5.26 Å². The van der Waals surface area contributed by atoms with E-state index in [0.717, 1.165) is 18.7 Å². The van der Waals surface area contributed by atoms with Crippen molar-refractivity contribution in [1.29, 1.82) is 5.26 Å². The van der Waals surface area contributed by atoms with Crippen LogP contribution in [0.25, 0.3) is 0 Å². The molecule has 1 heterocycles. The van der Waals surface area contributed by atoms with Crippen molar-refractivity contribution in [3.63, 3.8) is 0 Å². The van der Waals surface area contributed by atoms with Gasteiger partial charge >= 0.3 is 0 Å². The molecule has 3 aromatic carbocycles. The zero-order chi connectivity index (χ0) is 20.0. The summed E-state index contributed by atoms with van der Waals surface area (Å²) in [4.78, 5) is 15.6. The summed E-state index contributed by atoms with van der Waals surface area (Å²) in [7, 11) is 0. The molecule has 0 radical (unpaired) electrons. The van der Waals surface area contributed by atoms with Crippen LogP contribution < -0.4 is 4.90 Å². The number of nitriles is 1. The molecule has 3 unspecified atom stereocenters. The van der Waals surface area contributed by atoms with Gasteiger partial charge in [-0.1, -0.05) is 54.1 Å². The normalized spacial score (nSPS) is 22.7. The van der Waals surface area contributed by atoms with Crippen molar-refractivity contribution >= 4 is 11.6 Å². The van der Waals surface area contributed by atoms with Gasteiger partial charge in [0.1, 0.15) is 0 Å². The summed E-state index contributed by atoms with van der Waals surface area (Å²) in [6, 6.07) is 26.8. The predicted molar refractivity (Wildman–Crippen MR) is 114 cm³/mol. The Morgan fingerprint density at radius 1 is 1.00 bits per heavy atom. The Morgan fingerprint density at radius 3 is 2.48 bits per heavy atom. The molecule has 3 atom stereocenters. The number of carbonyl (C=O) groups is 1. The second-order valence-electron chi connectivity index (χ2n) is 8.19. The Balaban J connectivity index is 1.61. The van der Waals surface area contributed by atoms with Crippen LogP contribution in [0.2, 0.25) is 0 Å². The van der Waals surface area contributed by atoms with Crippen LogP contribution in [0.3, 0.4) is 0 Å². The highest BCUT2D eigenvalue weighted by molar-refractivity contribution is 5.99. The molecule has 1 aliphatic carbocycles. The summed E-state index contributed by atoms with van der Waals surface area (Å²) in [6.45, 7) is 2.79. The van der Waals surface area contributed by atoms with Crippen molar-refractivity contribution in [2.75, 3.05) is 11.4 Å². The van der Waals surface area contributed by atoms with Crippen LogP contribution in [0.4, 0.5) is 5.69 Å². The monoisotopic (exact) mass is 378 g/mol. The third-order valence-corrected chi connectivity index (χ3v) is 6.43. The number of hydrogen-bond donors (Lipinski definition) is 0. The lowest BCUT2D eigenvalue weighted by Gasteiger charge is -2.34.